The number of aryl methyl sites for hydroxylation is 1. The number of nitrogens with one attached hydrogen (secondary N) is 2. The van der Waals surface area contributed by atoms with Gasteiger partial charge in [0.15, 0.2) is 0 Å². The Hall–Kier alpha value is -2.11. The summed E-state index contributed by atoms with van der Waals surface area (Å²) in [5.41, 5.74) is 1.04. The Labute approximate surface area is 139 Å². The maximum Gasteiger partial charge on any atom is 0.260 e. The van der Waals surface area contributed by atoms with E-state index < -0.39 is 23.6 Å². The van der Waals surface area contributed by atoms with Gasteiger partial charge in [0.05, 0.1) is 12.1 Å². The van der Waals surface area contributed by atoms with Gasteiger partial charge in [-0.15, -0.1) is 0 Å². The number of hydrogen-bond acceptors (Lipinski definition) is 3. The Balaban J connectivity index is 2.15. The third-order valence-electron chi connectivity index (χ3n) is 3.64. The fraction of sp³-hybridized carbons (Fsp3) is 0.294. The SMILES string of the molecule is CCc1c[nH]c(=O)c(C(=O)NC(C)C(O)c2cccc(Cl)c2)c1. The zero-order valence-electron chi connectivity index (χ0n) is 13.0. The van der Waals surface area contributed by atoms with E-state index in [-0.39, 0.29) is 5.56 Å². The standard InChI is InChI=1S/C17H19ClN2O3/c1-3-11-7-14(16(22)19-9-11)17(23)20-10(2)15(21)12-5-4-6-13(18)8-12/h4-10,15,21H,3H2,1-2H3,(H,19,22)(H,20,23). The number of carbonyl (C=O) groups is 1. The Bertz CT molecular complexity index is 757. The molecule has 0 radical (unpaired) electrons. The first-order valence-electron chi connectivity index (χ1n) is 7.38. The third-order valence-corrected chi connectivity index (χ3v) is 3.87. The largest absolute Gasteiger partial charge is 0.386 e. The van der Waals surface area contributed by atoms with Gasteiger partial charge in [-0.25, -0.2) is 0 Å². The number of H-pyrrole nitrogens is 1. The highest BCUT2D eigenvalue weighted by Crippen LogP contribution is 2.20. The van der Waals surface area contributed by atoms with E-state index in [2.05, 4.69) is 10.3 Å². The maximum absolute atomic E-state index is 12.3. The first kappa shape index (κ1) is 17.2. The monoisotopic (exact) mass is 334 g/mol. The van der Waals surface area contributed by atoms with E-state index in [0.29, 0.717) is 17.0 Å². The molecule has 3 N–H and O–H groups in total. The van der Waals surface area contributed by atoms with E-state index in [1.807, 2.05) is 6.92 Å². The Morgan fingerprint density at radius 3 is 2.78 bits per heavy atom. The van der Waals surface area contributed by atoms with Crippen molar-refractivity contribution in [3.8, 4) is 0 Å². The Morgan fingerprint density at radius 2 is 2.13 bits per heavy atom. The zero-order chi connectivity index (χ0) is 17.0. The summed E-state index contributed by atoms with van der Waals surface area (Å²) in [7, 11) is 0. The molecule has 23 heavy (non-hydrogen) atoms. The van der Waals surface area contributed by atoms with Crippen LogP contribution in [0.3, 0.4) is 0 Å². The highest BCUT2D eigenvalue weighted by Gasteiger charge is 2.21. The molecule has 0 fully saturated rings. The molecule has 1 aromatic carbocycles. The van der Waals surface area contributed by atoms with Crippen molar-refractivity contribution in [1.29, 1.82) is 0 Å². The number of halogens is 1. The van der Waals surface area contributed by atoms with Crippen LogP contribution in [0.15, 0.2) is 41.3 Å². The Kier molecular flexibility index (Phi) is 5.58. The maximum atomic E-state index is 12.3. The van der Waals surface area contributed by atoms with Crippen molar-refractivity contribution in [1.82, 2.24) is 10.3 Å². The second-order valence-corrected chi connectivity index (χ2v) is 5.80. The number of carbonyl (C=O) groups excluding carboxylic acids is 1. The molecule has 6 heteroatoms. The van der Waals surface area contributed by atoms with Crippen LogP contribution in [0.5, 0.6) is 0 Å². The van der Waals surface area contributed by atoms with Gasteiger partial charge in [0, 0.05) is 11.2 Å². The lowest BCUT2D eigenvalue weighted by molar-refractivity contribution is 0.0850. The van der Waals surface area contributed by atoms with Crippen LogP contribution >= 0.6 is 11.6 Å². The molecule has 2 atom stereocenters. The van der Waals surface area contributed by atoms with Crippen LogP contribution in [0.25, 0.3) is 0 Å². The zero-order valence-corrected chi connectivity index (χ0v) is 13.7. The molecule has 0 saturated carbocycles. The number of aromatic nitrogens is 1. The van der Waals surface area contributed by atoms with Gasteiger partial charge in [-0.05, 0) is 42.7 Å². The number of hydrogen-bond donors (Lipinski definition) is 3. The average Bonchev–Trinajstić information content (AvgIpc) is 2.54. The average molecular weight is 335 g/mol. The van der Waals surface area contributed by atoms with Gasteiger partial charge in [-0.3, -0.25) is 9.59 Å². The van der Waals surface area contributed by atoms with E-state index in [0.717, 1.165) is 5.56 Å². The van der Waals surface area contributed by atoms with E-state index >= 15 is 0 Å². The van der Waals surface area contributed by atoms with Crippen LogP contribution in [0.1, 0.15) is 41.4 Å². The Morgan fingerprint density at radius 1 is 1.39 bits per heavy atom. The van der Waals surface area contributed by atoms with Crippen molar-refractivity contribution in [2.45, 2.75) is 32.4 Å². The number of benzene rings is 1. The molecule has 5 nitrogen and oxygen atoms in total. The van der Waals surface area contributed by atoms with E-state index in [1.165, 1.54) is 0 Å². The fourth-order valence-corrected chi connectivity index (χ4v) is 2.44. The number of pyridine rings is 1. The fourth-order valence-electron chi connectivity index (χ4n) is 2.24. The van der Waals surface area contributed by atoms with E-state index in [4.69, 9.17) is 11.6 Å². The molecule has 2 aromatic rings. The molecule has 1 amide bonds. The van der Waals surface area contributed by atoms with Crippen molar-refractivity contribution < 1.29 is 9.90 Å². The molecule has 2 rings (SSSR count). The third kappa shape index (κ3) is 4.21. The summed E-state index contributed by atoms with van der Waals surface area (Å²) in [4.78, 5) is 26.6. The highest BCUT2D eigenvalue weighted by molar-refractivity contribution is 6.30. The first-order chi connectivity index (χ1) is 10.9. The molecular formula is C17H19ClN2O3. The van der Waals surface area contributed by atoms with Crippen LogP contribution < -0.4 is 10.9 Å². The predicted octanol–water partition coefficient (Wildman–Crippen LogP) is 2.44. The van der Waals surface area contributed by atoms with Crippen LogP contribution in [0.2, 0.25) is 5.02 Å². The quantitative estimate of drug-likeness (QED) is 0.785. The summed E-state index contributed by atoms with van der Waals surface area (Å²) < 4.78 is 0. The molecule has 2 unspecified atom stereocenters. The minimum atomic E-state index is -0.925. The van der Waals surface area contributed by atoms with Gasteiger partial charge < -0.3 is 15.4 Å². The molecule has 122 valence electrons. The number of amides is 1. The molecule has 0 saturated heterocycles. The van der Waals surface area contributed by atoms with Gasteiger partial charge in [0.25, 0.3) is 11.5 Å². The smallest absolute Gasteiger partial charge is 0.260 e. The highest BCUT2D eigenvalue weighted by atomic mass is 35.5. The number of rotatable bonds is 5. The normalized spacial score (nSPS) is 13.4. The van der Waals surface area contributed by atoms with Crippen molar-refractivity contribution in [3.63, 3.8) is 0 Å². The van der Waals surface area contributed by atoms with E-state index in [9.17, 15) is 14.7 Å². The molecule has 1 heterocycles. The van der Waals surface area contributed by atoms with Crippen molar-refractivity contribution >= 4 is 17.5 Å². The van der Waals surface area contributed by atoms with Gasteiger partial charge in [0.1, 0.15) is 5.56 Å². The summed E-state index contributed by atoms with van der Waals surface area (Å²) in [6.45, 7) is 3.60. The summed E-state index contributed by atoms with van der Waals surface area (Å²) in [6, 6.07) is 7.78. The van der Waals surface area contributed by atoms with Gasteiger partial charge in [-0.2, -0.15) is 0 Å². The van der Waals surface area contributed by atoms with E-state index in [1.54, 1.807) is 43.5 Å². The summed E-state index contributed by atoms with van der Waals surface area (Å²) >= 11 is 5.91. The van der Waals surface area contributed by atoms with Crippen LogP contribution in [-0.4, -0.2) is 22.0 Å². The van der Waals surface area contributed by atoms with Crippen molar-refractivity contribution in [3.05, 3.63) is 68.6 Å². The molecule has 0 aliphatic carbocycles. The number of aliphatic hydroxyl groups is 1. The van der Waals surface area contributed by atoms with Crippen molar-refractivity contribution in [2.24, 2.45) is 0 Å². The van der Waals surface area contributed by atoms with Crippen molar-refractivity contribution in [2.75, 3.05) is 0 Å². The molecule has 0 spiro atoms. The predicted molar refractivity (Wildman–Crippen MR) is 89.8 cm³/mol. The molecule has 0 aliphatic heterocycles. The van der Waals surface area contributed by atoms with Crippen LogP contribution in [0.4, 0.5) is 0 Å². The van der Waals surface area contributed by atoms with Gasteiger partial charge >= 0.3 is 0 Å². The summed E-state index contributed by atoms with van der Waals surface area (Å²) in [5.74, 6) is -0.518. The first-order valence-corrected chi connectivity index (χ1v) is 7.76. The topological polar surface area (TPSA) is 82.2 Å². The number of aliphatic hydroxyl groups excluding tert-OH is 1. The molecule has 0 aliphatic rings. The second kappa shape index (κ2) is 7.44. The second-order valence-electron chi connectivity index (χ2n) is 5.37. The minimum absolute atomic E-state index is 0.0366. The van der Waals surface area contributed by atoms with Crippen LogP contribution in [-0.2, 0) is 6.42 Å². The molecule has 0 bridgehead atoms. The lowest BCUT2D eigenvalue weighted by Crippen LogP contribution is -2.39. The van der Waals surface area contributed by atoms with Gasteiger partial charge in [0.2, 0.25) is 0 Å². The van der Waals surface area contributed by atoms with Gasteiger partial charge in [-0.1, -0.05) is 30.7 Å². The minimum Gasteiger partial charge on any atom is -0.386 e. The summed E-state index contributed by atoms with van der Waals surface area (Å²) in [6.07, 6.45) is 1.37. The lowest BCUT2D eigenvalue weighted by atomic mass is 10.0. The lowest BCUT2D eigenvalue weighted by Gasteiger charge is -2.20. The van der Waals surface area contributed by atoms with Crippen LogP contribution in [0, 0.1) is 0 Å². The molecule has 1 aromatic heterocycles. The number of aromatic amines is 1. The molecular weight excluding hydrogens is 316 g/mol. The summed E-state index contributed by atoms with van der Waals surface area (Å²) in [5, 5.41) is 13.5.